The normalized spacial score (nSPS) is 12.6. The van der Waals surface area contributed by atoms with Crippen LogP contribution in [0.5, 0.6) is 5.75 Å². The van der Waals surface area contributed by atoms with Gasteiger partial charge >= 0.3 is 6.61 Å². The molecule has 0 saturated carbocycles. The molecule has 0 amide bonds. The fraction of sp³-hybridized carbons (Fsp3) is 0.364. The van der Waals surface area contributed by atoms with Crippen LogP contribution in [0.25, 0.3) is 0 Å². The summed E-state index contributed by atoms with van der Waals surface area (Å²) in [5, 5.41) is 0.376. The van der Waals surface area contributed by atoms with E-state index in [-0.39, 0.29) is 11.5 Å². The molecule has 0 radical (unpaired) electrons. The average Bonchev–Trinajstić information content (AvgIpc) is 2.27. The van der Waals surface area contributed by atoms with E-state index < -0.39 is 11.4 Å². The first-order valence-electron chi connectivity index (χ1n) is 4.73. The molecule has 1 atom stereocenters. The van der Waals surface area contributed by atoms with E-state index in [0.717, 1.165) is 0 Å². The second-order valence-corrected chi connectivity index (χ2v) is 4.83. The molecule has 0 aromatic heterocycles. The Balaban J connectivity index is 3.03. The van der Waals surface area contributed by atoms with Gasteiger partial charge in [0.25, 0.3) is 0 Å². The minimum atomic E-state index is -2.86. The largest absolute Gasteiger partial charge is 0.435 e. The lowest BCUT2D eigenvalue weighted by molar-refractivity contribution is -0.116. The van der Waals surface area contributed by atoms with Gasteiger partial charge in [-0.05, 0) is 24.6 Å². The first-order valence-corrected chi connectivity index (χ1v) is 6.77. The van der Waals surface area contributed by atoms with Gasteiger partial charge in [-0.3, -0.25) is 4.79 Å². The third-order valence-electron chi connectivity index (χ3n) is 2.09. The summed E-state index contributed by atoms with van der Waals surface area (Å²) in [5.74, 6) is 0.0666. The highest BCUT2D eigenvalue weighted by Gasteiger charge is 2.16. The Hall–Kier alpha value is -0.490. The van der Waals surface area contributed by atoms with Crippen molar-refractivity contribution >= 4 is 37.6 Å². The van der Waals surface area contributed by atoms with E-state index in [0.29, 0.717) is 16.5 Å². The molecule has 0 aliphatic carbocycles. The first-order chi connectivity index (χ1) is 7.95. The first kappa shape index (κ1) is 14.6. The van der Waals surface area contributed by atoms with Crippen LogP contribution in [0, 0.1) is 0 Å². The van der Waals surface area contributed by atoms with Gasteiger partial charge in [-0.1, -0.05) is 37.9 Å². The molecule has 0 spiro atoms. The maximum atomic E-state index is 12.1. The van der Waals surface area contributed by atoms with Crippen LogP contribution in [-0.4, -0.2) is 12.4 Å². The van der Waals surface area contributed by atoms with E-state index in [9.17, 15) is 13.6 Å². The van der Waals surface area contributed by atoms with Gasteiger partial charge in [0.15, 0.2) is 0 Å². The van der Waals surface area contributed by atoms with E-state index in [2.05, 4.69) is 36.6 Å². The van der Waals surface area contributed by atoms with Crippen LogP contribution in [0.4, 0.5) is 8.78 Å². The van der Waals surface area contributed by atoms with Gasteiger partial charge < -0.3 is 4.74 Å². The zero-order chi connectivity index (χ0) is 13.0. The summed E-state index contributed by atoms with van der Waals surface area (Å²) in [7, 11) is 0. The Morgan fingerprint density at radius 1 is 1.47 bits per heavy atom. The maximum Gasteiger partial charge on any atom is 0.387 e. The molecule has 0 aliphatic heterocycles. The van der Waals surface area contributed by atoms with Crippen molar-refractivity contribution in [2.75, 3.05) is 0 Å². The Labute approximate surface area is 115 Å². The zero-order valence-corrected chi connectivity index (χ0v) is 12.1. The van der Waals surface area contributed by atoms with Gasteiger partial charge in [0.2, 0.25) is 0 Å². The second-order valence-electron chi connectivity index (χ2n) is 3.35. The highest BCUT2D eigenvalue weighted by molar-refractivity contribution is 9.09. The monoisotopic (exact) mass is 370 g/mol. The Morgan fingerprint density at radius 3 is 2.59 bits per heavy atom. The van der Waals surface area contributed by atoms with Crippen LogP contribution in [0.1, 0.15) is 22.9 Å². The van der Waals surface area contributed by atoms with Gasteiger partial charge in [0.1, 0.15) is 11.5 Å². The molecule has 2 nitrogen and oxygen atoms in total. The lowest BCUT2D eigenvalue weighted by atomic mass is 10.1. The molecular weight excluding hydrogens is 362 g/mol. The molecule has 1 aromatic rings. The predicted molar refractivity (Wildman–Crippen MR) is 68.1 cm³/mol. The average molecular weight is 372 g/mol. The number of alkyl halides is 4. The standard InChI is InChI=1S/C11H10Br2F2O2/c1-6(16)10(13)7-2-3-9(17-11(14)15)8(4-7)5-12/h2-4,10-11H,5H2,1H3. The van der Waals surface area contributed by atoms with Gasteiger partial charge in [-0.25, -0.2) is 0 Å². The van der Waals surface area contributed by atoms with E-state index in [1.165, 1.54) is 13.0 Å². The number of hydrogen-bond acceptors (Lipinski definition) is 2. The number of Topliss-reactive ketones (excluding diaryl/α,β-unsaturated/α-hetero) is 1. The summed E-state index contributed by atoms with van der Waals surface area (Å²) >= 11 is 6.43. The number of carbonyl (C=O) groups excluding carboxylic acids is 1. The summed E-state index contributed by atoms with van der Waals surface area (Å²) in [4.78, 5) is 10.8. The van der Waals surface area contributed by atoms with Crippen molar-refractivity contribution in [2.24, 2.45) is 0 Å². The highest BCUT2D eigenvalue weighted by atomic mass is 79.9. The number of ether oxygens (including phenoxy) is 1. The molecule has 94 valence electrons. The number of hydrogen-bond donors (Lipinski definition) is 0. The smallest absolute Gasteiger partial charge is 0.387 e. The molecule has 1 aromatic carbocycles. The van der Waals surface area contributed by atoms with E-state index in [4.69, 9.17) is 0 Å². The molecular formula is C11H10Br2F2O2. The van der Waals surface area contributed by atoms with Crippen molar-refractivity contribution in [1.82, 2.24) is 0 Å². The van der Waals surface area contributed by atoms with Crippen LogP contribution in [0.15, 0.2) is 18.2 Å². The van der Waals surface area contributed by atoms with Crippen LogP contribution < -0.4 is 4.74 Å². The number of ketones is 1. The van der Waals surface area contributed by atoms with Crippen molar-refractivity contribution in [1.29, 1.82) is 0 Å². The van der Waals surface area contributed by atoms with Crippen LogP contribution in [0.2, 0.25) is 0 Å². The van der Waals surface area contributed by atoms with Crippen LogP contribution >= 0.6 is 31.9 Å². The quantitative estimate of drug-likeness (QED) is 0.725. The molecule has 0 saturated heterocycles. The SMILES string of the molecule is CC(=O)C(Br)c1ccc(OC(F)F)c(CBr)c1. The third-order valence-corrected chi connectivity index (χ3v) is 3.87. The van der Waals surface area contributed by atoms with Crippen molar-refractivity contribution in [2.45, 2.75) is 23.7 Å². The summed E-state index contributed by atoms with van der Waals surface area (Å²) < 4.78 is 28.6. The van der Waals surface area contributed by atoms with E-state index in [1.54, 1.807) is 12.1 Å². The number of carbonyl (C=O) groups is 1. The fourth-order valence-corrected chi connectivity index (χ4v) is 2.03. The van der Waals surface area contributed by atoms with Gasteiger partial charge in [-0.2, -0.15) is 8.78 Å². The summed E-state index contributed by atoms with van der Waals surface area (Å²) in [6.45, 7) is -1.40. The van der Waals surface area contributed by atoms with E-state index >= 15 is 0 Å². The predicted octanol–water partition coefficient (Wildman–Crippen LogP) is 4.21. The Kier molecular flexibility index (Phi) is 5.52. The third kappa shape index (κ3) is 4.03. The number of halogens is 4. The molecule has 0 bridgehead atoms. The number of benzene rings is 1. The van der Waals surface area contributed by atoms with E-state index in [1.807, 2.05) is 0 Å². The minimum absolute atomic E-state index is 0.0481. The zero-order valence-electron chi connectivity index (χ0n) is 8.92. The molecule has 17 heavy (non-hydrogen) atoms. The minimum Gasteiger partial charge on any atom is -0.435 e. The molecule has 1 rings (SSSR count). The maximum absolute atomic E-state index is 12.1. The number of rotatable bonds is 5. The van der Waals surface area contributed by atoms with Crippen LogP contribution in [0.3, 0.4) is 0 Å². The van der Waals surface area contributed by atoms with Gasteiger partial charge in [0.05, 0.1) is 4.83 Å². The molecule has 0 aliphatic rings. The summed E-state index contributed by atoms with van der Waals surface area (Å²) in [6, 6.07) is 4.69. The van der Waals surface area contributed by atoms with Crippen molar-refractivity contribution < 1.29 is 18.3 Å². The summed E-state index contributed by atoms with van der Waals surface area (Å²) in [5.41, 5.74) is 1.29. The van der Waals surface area contributed by atoms with Crippen molar-refractivity contribution in [3.05, 3.63) is 29.3 Å². The molecule has 0 N–H and O–H groups in total. The highest BCUT2D eigenvalue weighted by Crippen LogP contribution is 2.30. The lowest BCUT2D eigenvalue weighted by Gasteiger charge is -2.12. The summed E-state index contributed by atoms with van der Waals surface area (Å²) in [6.07, 6.45) is 0. The van der Waals surface area contributed by atoms with Gasteiger partial charge in [0, 0.05) is 10.9 Å². The van der Waals surface area contributed by atoms with Crippen LogP contribution in [-0.2, 0) is 10.1 Å². The van der Waals surface area contributed by atoms with Crippen molar-refractivity contribution in [3.63, 3.8) is 0 Å². The fourth-order valence-electron chi connectivity index (χ4n) is 1.31. The Morgan fingerprint density at radius 2 is 2.12 bits per heavy atom. The topological polar surface area (TPSA) is 26.3 Å². The molecule has 0 fully saturated rings. The molecule has 6 heteroatoms. The van der Waals surface area contributed by atoms with Gasteiger partial charge in [-0.15, -0.1) is 0 Å². The second kappa shape index (κ2) is 6.44. The lowest BCUT2D eigenvalue weighted by Crippen LogP contribution is -2.06. The van der Waals surface area contributed by atoms with Crippen molar-refractivity contribution in [3.8, 4) is 5.75 Å². The molecule has 0 heterocycles. The Bertz CT molecular complexity index is 410. The molecule has 1 unspecified atom stereocenters.